The fraction of sp³-hybridized carbons (Fsp3) is 0. The number of nitrogens with zero attached hydrogens (tertiary/aromatic N) is 7. The summed E-state index contributed by atoms with van der Waals surface area (Å²) >= 11 is 7.52. The first-order valence-corrected chi connectivity index (χ1v) is 23.8. The molecule has 0 saturated heterocycles. The standard InChI is InChI=1S/C33H21BrN4.C26H16BrN3/c34-27-18-10-20-29-30(27)26-17-7-8-19-28(26)38(29)25-16-9-15-24(21-25)33-36-31(22-11-3-1-4-12-22)35-32(37-33)23-13-5-2-6-14-23;27-20-13-8-16-23-24(20)19-12-5-7-15-22(19)30(23)26-28-21-14-6-4-11-18(21)25(29-26)17-9-2-1-3-10-17/h1-21H;1-16H. The number of para-hydroxylation sites is 3. The minimum atomic E-state index is 0.640. The fourth-order valence-electron chi connectivity index (χ4n) is 9.15. The summed E-state index contributed by atoms with van der Waals surface area (Å²) in [4.78, 5) is 24.7. The van der Waals surface area contributed by atoms with Gasteiger partial charge in [-0.3, -0.25) is 4.57 Å². The van der Waals surface area contributed by atoms with Crippen molar-refractivity contribution in [3.8, 4) is 57.1 Å². The zero-order chi connectivity index (χ0) is 45.6. The van der Waals surface area contributed by atoms with Crippen LogP contribution in [0.4, 0.5) is 0 Å². The van der Waals surface area contributed by atoms with E-state index < -0.39 is 0 Å². The van der Waals surface area contributed by atoms with Gasteiger partial charge in [-0.1, -0.05) is 202 Å². The molecule has 13 rings (SSSR count). The van der Waals surface area contributed by atoms with Gasteiger partial charge in [0.05, 0.1) is 33.3 Å². The van der Waals surface area contributed by atoms with E-state index in [1.807, 2.05) is 91.0 Å². The van der Waals surface area contributed by atoms with Gasteiger partial charge in [0.1, 0.15) is 0 Å². The number of hydrogen-bond donors (Lipinski definition) is 0. The lowest BCUT2D eigenvalue weighted by molar-refractivity contribution is 1.01. The number of rotatable bonds is 6. The van der Waals surface area contributed by atoms with Crippen LogP contribution >= 0.6 is 31.9 Å². The highest BCUT2D eigenvalue weighted by atomic mass is 79.9. The zero-order valence-corrected chi connectivity index (χ0v) is 39.4. The average molecular weight is 1000 g/mol. The minimum Gasteiger partial charge on any atom is -0.309 e. The van der Waals surface area contributed by atoms with Crippen molar-refractivity contribution in [1.82, 2.24) is 34.1 Å². The molecule has 0 radical (unpaired) electrons. The molecule has 0 atom stereocenters. The van der Waals surface area contributed by atoms with Crippen LogP contribution in [0.1, 0.15) is 0 Å². The molecule has 0 aliphatic rings. The molecule has 9 heteroatoms. The lowest BCUT2D eigenvalue weighted by Crippen LogP contribution is -2.03. The van der Waals surface area contributed by atoms with Crippen LogP contribution in [0.5, 0.6) is 0 Å². The third kappa shape index (κ3) is 7.42. The molecule has 0 N–H and O–H groups in total. The Morgan fingerprint density at radius 3 is 1.32 bits per heavy atom. The normalized spacial score (nSPS) is 11.4. The van der Waals surface area contributed by atoms with Gasteiger partial charge in [0.15, 0.2) is 17.5 Å². The van der Waals surface area contributed by atoms with Crippen molar-refractivity contribution in [3.63, 3.8) is 0 Å². The molecule has 7 nitrogen and oxygen atoms in total. The second-order valence-corrected chi connectivity index (χ2v) is 18.0. The Balaban J connectivity index is 0.000000145. The molecule has 0 amide bonds. The quantitative estimate of drug-likeness (QED) is 0.166. The molecule has 4 aromatic heterocycles. The van der Waals surface area contributed by atoms with Crippen LogP contribution < -0.4 is 0 Å². The molecule has 0 spiro atoms. The SMILES string of the molecule is Brc1cccc2c1c1ccccc1n2-c1cccc(-c2nc(-c3ccccc3)nc(-c3ccccc3)n2)c1.Brc1cccc2c1c1ccccc1n2-c1nc(-c2ccccc2)c2ccccc2n1. The molecule has 9 aromatic carbocycles. The van der Waals surface area contributed by atoms with E-state index in [9.17, 15) is 0 Å². The van der Waals surface area contributed by atoms with Crippen molar-refractivity contribution in [2.45, 2.75) is 0 Å². The highest BCUT2D eigenvalue weighted by Gasteiger charge is 2.19. The van der Waals surface area contributed by atoms with Crippen LogP contribution in [0.3, 0.4) is 0 Å². The van der Waals surface area contributed by atoms with E-state index in [0.29, 0.717) is 23.4 Å². The summed E-state index contributed by atoms with van der Waals surface area (Å²) in [5, 5.41) is 5.81. The summed E-state index contributed by atoms with van der Waals surface area (Å²) < 4.78 is 6.61. The summed E-state index contributed by atoms with van der Waals surface area (Å²) in [6.07, 6.45) is 0. The Labute approximate surface area is 408 Å². The van der Waals surface area contributed by atoms with E-state index in [0.717, 1.165) is 75.6 Å². The van der Waals surface area contributed by atoms with Gasteiger partial charge < -0.3 is 4.57 Å². The third-order valence-electron chi connectivity index (χ3n) is 12.2. The molecule has 4 heterocycles. The van der Waals surface area contributed by atoms with E-state index in [1.165, 1.54) is 21.5 Å². The Hall–Kier alpha value is -8.11. The first-order chi connectivity index (χ1) is 33.6. The molecule has 0 fully saturated rings. The summed E-state index contributed by atoms with van der Waals surface area (Å²) in [5.41, 5.74) is 11.3. The Bertz CT molecular complexity index is 3940. The summed E-state index contributed by atoms with van der Waals surface area (Å²) in [6, 6.07) is 76.6. The number of benzene rings is 9. The minimum absolute atomic E-state index is 0.640. The van der Waals surface area contributed by atoms with Crippen molar-refractivity contribution in [3.05, 3.63) is 233 Å². The third-order valence-corrected chi connectivity index (χ3v) is 13.5. The first kappa shape index (κ1) is 41.3. The van der Waals surface area contributed by atoms with Gasteiger partial charge >= 0.3 is 0 Å². The van der Waals surface area contributed by atoms with Gasteiger partial charge in [-0.25, -0.2) is 24.9 Å². The number of fused-ring (bicyclic) bond motifs is 7. The maximum Gasteiger partial charge on any atom is 0.235 e. The fourth-order valence-corrected chi connectivity index (χ4v) is 10.3. The van der Waals surface area contributed by atoms with Crippen molar-refractivity contribution in [1.29, 1.82) is 0 Å². The predicted molar refractivity (Wildman–Crippen MR) is 285 cm³/mol. The molecule has 13 aromatic rings. The van der Waals surface area contributed by atoms with E-state index in [2.05, 4.69) is 174 Å². The Morgan fingerprint density at radius 2 is 0.735 bits per heavy atom. The second kappa shape index (κ2) is 17.6. The van der Waals surface area contributed by atoms with E-state index in [1.54, 1.807) is 0 Å². The molecule has 0 aliphatic carbocycles. The predicted octanol–water partition coefficient (Wildman–Crippen LogP) is 15.9. The topological polar surface area (TPSA) is 74.3 Å². The summed E-state index contributed by atoms with van der Waals surface area (Å²) in [5.74, 6) is 2.62. The summed E-state index contributed by atoms with van der Waals surface area (Å²) in [7, 11) is 0. The monoisotopic (exact) mass is 1000 g/mol. The highest BCUT2D eigenvalue weighted by molar-refractivity contribution is 9.11. The number of halogens is 2. The van der Waals surface area contributed by atoms with Gasteiger partial charge in [0, 0.05) is 63.8 Å². The van der Waals surface area contributed by atoms with Crippen LogP contribution in [0.2, 0.25) is 0 Å². The molecule has 0 saturated carbocycles. The number of aromatic nitrogens is 7. The van der Waals surface area contributed by atoms with Crippen molar-refractivity contribution < 1.29 is 0 Å². The van der Waals surface area contributed by atoms with Crippen LogP contribution in [0, 0.1) is 0 Å². The van der Waals surface area contributed by atoms with Crippen molar-refractivity contribution in [2.75, 3.05) is 0 Å². The lowest BCUT2D eigenvalue weighted by Gasteiger charge is -2.11. The molecule has 68 heavy (non-hydrogen) atoms. The van der Waals surface area contributed by atoms with E-state index in [4.69, 9.17) is 24.9 Å². The van der Waals surface area contributed by atoms with Crippen LogP contribution in [0.15, 0.2) is 233 Å². The van der Waals surface area contributed by atoms with Gasteiger partial charge in [-0.05, 0) is 54.6 Å². The average Bonchev–Trinajstić information content (AvgIpc) is 3.94. The van der Waals surface area contributed by atoms with Crippen LogP contribution in [-0.2, 0) is 0 Å². The van der Waals surface area contributed by atoms with Gasteiger partial charge in [0.25, 0.3) is 0 Å². The Morgan fingerprint density at radius 1 is 0.309 bits per heavy atom. The maximum absolute atomic E-state index is 5.08. The number of hydrogen-bond acceptors (Lipinski definition) is 5. The molecule has 0 bridgehead atoms. The van der Waals surface area contributed by atoms with E-state index >= 15 is 0 Å². The van der Waals surface area contributed by atoms with Gasteiger partial charge in [0.2, 0.25) is 5.95 Å². The first-order valence-electron chi connectivity index (χ1n) is 22.2. The van der Waals surface area contributed by atoms with Gasteiger partial charge in [-0.15, -0.1) is 0 Å². The summed E-state index contributed by atoms with van der Waals surface area (Å²) in [6.45, 7) is 0. The van der Waals surface area contributed by atoms with Gasteiger partial charge in [-0.2, -0.15) is 0 Å². The molecule has 322 valence electrons. The smallest absolute Gasteiger partial charge is 0.235 e. The highest BCUT2D eigenvalue weighted by Crippen LogP contribution is 2.39. The molecule has 0 unspecified atom stereocenters. The maximum atomic E-state index is 5.08. The Kier molecular flexibility index (Phi) is 10.7. The molecular formula is C59H37Br2N7. The van der Waals surface area contributed by atoms with E-state index in [-0.39, 0.29) is 0 Å². The molecule has 0 aliphatic heterocycles. The van der Waals surface area contributed by atoms with Crippen molar-refractivity contribution >= 4 is 86.4 Å². The zero-order valence-electron chi connectivity index (χ0n) is 36.2. The molecular weight excluding hydrogens is 967 g/mol. The lowest BCUT2D eigenvalue weighted by atomic mass is 10.1. The largest absolute Gasteiger partial charge is 0.309 e. The van der Waals surface area contributed by atoms with Crippen LogP contribution in [0.25, 0.3) is 112 Å². The second-order valence-electron chi connectivity index (χ2n) is 16.3. The van der Waals surface area contributed by atoms with Crippen LogP contribution in [-0.4, -0.2) is 34.1 Å². The van der Waals surface area contributed by atoms with Crippen molar-refractivity contribution in [2.24, 2.45) is 0 Å².